The second-order valence-corrected chi connectivity index (χ2v) is 6.57. The molecule has 5 nitrogen and oxygen atoms in total. The molecule has 0 spiro atoms. The van der Waals surface area contributed by atoms with Crippen LogP contribution >= 0.6 is 11.3 Å². The first-order chi connectivity index (χ1) is 12.1. The van der Waals surface area contributed by atoms with E-state index >= 15 is 0 Å². The molecule has 0 saturated heterocycles. The summed E-state index contributed by atoms with van der Waals surface area (Å²) >= 11 is 1.37. The van der Waals surface area contributed by atoms with Crippen molar-refractivity contribution in [1.29, 1.82) is 0 Å². The summed E-state index contributed by atoms with van der Waals surface area (Å²) in [5.74, 6) is 0.343. The Morgan fingerprint density at radius 3 is 2.56 bits per heavy atom. The van der Waals surface area contributed by atoms with Crippen LogP contribution in [-0.2, 0) is 11.3 Å². The van der Waals surface area contributed by atoms with E-state index in [2.05, 4.69) is 0 Å². The maximum Gasteiger partial charge on any atom is 0.374 e. The lowest BCUT2D eigenvalue weighted by Crippen LogP contribution is -2.12. The first-order valence-electron chi connectivity index (χ1n) is 7.65. The number of carbonyl (C=O) groups excluding carboxylic acids is 2. The molecule has 0 atom stereocenters. The fraction of sp³-hybridized carbons (Fsp3) is 0.158. The van der Waals surface area contributed by atoms with Gasteiger partial charge in [-0.25, -0.2) is 4.79 Å². The zero-order valence-electron chi connectivity index (χ0n) is 13.6. The Morgan fingerprint density at radius 2 is 1.84 bits per heavy atom. The van der Waals surface area contributed by atoms with Crippen LogP contribution in [0, 0.1) is 6.92 Å². The maximum atomic E-state index is 12.0. The highest BCUT2D eigenvalue weighted by molar-refractivity contribution is 7.14. The Hall–Kier alpha value is -2.86. The fourth-order valence-electron chi connectivity index (χ4n) is 2.09. The predicted molar refractivity (Wildman–Crippen MR) is 93.2 cm³/mol. The molecular formula is C19H16O5S. The third kappa shape index (κ3) is 4.58. The number of hydrogen-bond acceptors (Lipinski definition) is 6. The molecule has 0 aliphatic rings. The van der Waals surface area contributed by atoms with Gasteiger partial charge in [0.1, 0.15) is 18.1 Å². The van der Waals surface area contributed by atoms with Gasteiger partial charge in [0.2, 0.25) is 11.5 Å². The van der Waals surface area contributed by atoms with E-state index in [1.54, 1.807) is 12.1 Å². The van der Waals surface area contributed by atoms with Crippen LogP contribution in [0.4, 0.5) is 0 Å². The van der Waals surface area contributed by atoms with Crippen LogP contribution in [0.15, 0.2) is 59.0 Å². The van der Waals surface area contributed by atoms with E-state index < -0.39 is 5.97 Å². The lowest BCUT2D eigenvalue weighted by molar-refractivity contribution is 0.0441. The van der Waals surface area contributed by atoms with Gasteiger partial charge < -0.3 is 13.9 Å². The standard InChI is InChI=1S/C19H16O5S/c1-13-7-10-18(25-13)16(20)12-23-19(21)17-9-8-15(24-17)11-22-14-5-3-2-4-6-14/h2-10H,11-12H2,1H3. The number of furan rings is 1. The van der Waals surface area contributed by atoms with Gasteiger partial charge in [-0.05, 0) is 43.3 Å². The van der Waals surface area contributed by atoms with Crippen molar-refractivity contribution in [3.63, 3.8) is 0 Å². The van der Waals surface area contributed by atoms with Gasteiger partial charge in [-0.1, -0.05) is 18.2 Å². The molecule has 0 amide bonds. The zero-order valence-corrected chi connectivity index (χ0v) is 14.4. The van der Waals surface area contributed by atoms with Crippen molar-refractivity contribution in [2.45, 2.75) is 13.5 Å². The number of esters is 1. The molecular weight excluding hydrogens is 340 g/mol. The molecule has 0 unspecified atom stereocenters. The minimum absolute atomic E-state index is 0.0434. The molecule has 0 aliphatic carbocycles. The van der Waals surface area contributed by atoms with Gasteiger partial charge in [0.25, 0.3) is 0 Å². The van der Waals surface area contributed by atoms with Crippen LogP contribution in [0.5, 0.6) is 5.75 Å². The van der Waals surface area contributed by atoms with Gasteiger partial charge in [0, 0.05) is 4.88 Å². The smallest absolute Gasteiger partial charge is 0.374 e. The Bertz CT molecular complexity index is 863. The van der Waals surface area contributed by atoms with Crippen molar-refractivity contribution in [1.82, 2.24) is 0 Å². The predicted octanol–water partition coefficient (Wildman–Crippen LogP) is 4.27. The molecule has 0 fully saturated rings. The number of rotatable bonds is 7. The number of Topliss-reactive ketones (excluding diaryl/α,β-unsaturated/α-hetero) is 1. The highest BCUT2D eigenvalue weighted by atomic mass is 32.1. The van der Waals surface area contributed by atoms with E-state index in [0.29, 0.717) is 16.4 Å². The molecule has 0 aliphatic heterocycles. The van der Waals surface area contributed by atoms with E-state index in [9.17, 15) is 9.59 Å². The molecule has 3 aromatic rings. The Kier molecular flexibility index (Phi) is 5.30. The van der Waals surface area contributed by atoms with Crippen molar-refractivity contribution >= 4 is 23.1 Å². The Labute approximate surface area is 148 Å². The molecule has 6 heteroatoms. The van der Waals surface area contributed by atoms with Gasteiger partial charge in [-0.3, -0.25) is 4.79 Å². The van der Waals surface area contributed by atoms with E-state index in [-0.39, 0.29) is 24.8 Å². The average Bonchev–Trinajstić information content (AvgIpc) is 3.27. The SMILES string of the molecule is Cc1ccc(C(=O)COC(=O)c2ccc(COc3ccccc3)o2)s1. The Balaban J connectivity index is 1.51. The number of aryl methyl sites for hydroxylation is 1. The lowest BCUT2D eigenvalue weighted by atomic mass is 10.3. The van der Waals surface area contributed by atoms with E-state index in [0.717, 1.165) is 4.88 Å². The second kappa shape index (κ2) is 7.81. The normalized spacial score (nSPS) is 10.4. The summed E-state index contributed by atoms with van der Waals surface area (Å²) in [4.78, 5) is 25.5. The molecule has 0 saturated carbocycles. The van der Waals surface area contributed by atoms with Gasteiger partial charge >= 0.3 is 5.97 Å². The third-order valence-corrected chi connectivity index (χ3v) is 4.38. The van der Waals surface area contributed by atoms with E-state index in [1.807, 2.05) is 43.3 Å². The average molecular weight is 356 g/mol. The highest BCUT2D eigenvalue weighted by Gasteiger charge is 2.16. The summed E-state index contributed by atoms with van der Waals surface area (Å²) in [5, 5.41) is 0. The minimum Gasteiger partial charge on any atom is -0.486 e. The lowest BCUT2D eigenvalue weighted by Gasteiger charge is -2.03. The largest absolute Gasteiger partial charge is 0.486 e. The maximum absolute atomic E-state index is 12.0. The number of benzene rings is 1. The van der Waals surface area contributed by atoms with E-state index in [4.69, 9.17) is 13.9 Å². The number of ether oxygens (including phenoxy) is 2. The van der Waals surface area contributed by atoms with Crippen LogP contribution in [0.25, 0.3) is 0 Å². The van der Waals surface area contributed by atoms with Crippen molar-refractivity contribution < 1.29 is 23.5 Å². The highest BCUT2D eigenvalue weighted by Crippen LogP contribution is 2.17. The van der Waals surface area contributed by atoms with Crippen LogP contribution < -0.4 is 4.74 Å². The molecule has 2 heterocycles. The number of hydrogen-bond donors (Lipinski definition) is 0. The van der Waals surface area contributed by atoms with Crippen LogP contribution in [-0.4, -0.2) is 18.4 Å². The van der Waals surface area contributed by atoms with Gasteiger partial charge in [0.05, 0.1) is 4.88 Å². The van der Waals surface area contributed by atoms with E-state index in [1.165, 1.54) is 17.4 Å². The number of thiophene rings is 1. The summed E-state index contributed by atoms with van der Waals surface area (Å²) in [6.07, 6.45) is 0. The van der Waals surface area contributed by atoms with Crippen molar-refractivity contribution in [3.05, 3.63) is 75.9 Å². The topological polar surface area (TPSA) is 65.7 Å². The summed E-state index contributed by atoms with van der Waals surface area (Å²) in [5.41, 5.74) is 0. The number of para-hydroxylation sites is 1. The summed E-state index contributed by atoms with van der Waals surface area (Å²) in [7, 11) is 0. The second-order valence-electron chi connectivity index (χ2n) is 5.28. The fourth-order valence-corrected chi connectivity index (χ4v) is 2.89. The molecule has 0 bridgehead atoms. The molecule has 0 N–H and O–H groups in total. The van der Waals surface area contributed by atoms with Crippen molar-refractivity contribution in [3.8, 4) is 5.75 Å². The minimum atomic E-state index is -0.674. The number of carbonyl (C=O) groups is 2. The summed E-state index contributed by atoms with van der Waals surface area (Å²) in [6, 6.07) is 16.0. The van der Waals surface area contributed by atoms with Crippen LogP contribution in [0.3, 0.4) is 0 Å². The molecule has 3 rings (SSSR count). The molecule has 1 aromatic carbocycles. The molecule has 0 radical (unpaired) electrons. The van der Waals surface area contributed by atoms with Gasteiger partial charge in [0.15, 0.2) is 6.61 Å². The first-order valence-corrected chi connectivity index (χ1v) is 8.47. The quantitative estimate of drug-likeness (QED) is 0.467. The number of ketones is 1. The third-order valence-electron chi connectivity index (χ3n) is 3.34. The zero-order chi connectivity index (χ0) is 17.6. The van der Waals surface area contributed by atoms with Crippen molar-refractivity contribution in [2.75, 3.05) is 6.61 Å². The molecule has 25 heavy (non-hydrogen) atoms. The van der Waals surface area contributed by atoms with Gasteiger partial charge in [-0.15, -0.1) is 11.3 Å². The summed E-state index contributed by atoms with van der Waals surface area (Å²) < 4.78 is 16.0. The van der Waals surface area contributed by atoms with Crippen molar-refractivity contribution in [2.24, 2.45) is 0 Å². The van der Waals surface area contributed by atoms with Crippen LogP contribution in [0.2, 0.25) is 0 Å². The summed E-state index contributed by atoms with van der Waals surface area (Å²) in [6.45, 7) is 1.80. The molecule has 128 valence electrons. The Morgan fingerprint density at radius 1 is 1.04 bits per heavy atom. The molecule has 2 aromatic heterocycles. The first kappa shape index (κ1) is 17.0. The van der Waals surface area contributed by atoms with Gasteiger partial charge in [-0.2, -0.15) is 0 Å². The monoisotopic (exact) mass is 356 g/mol. The van der Waals surface area contributed by atoms with Crippen LogP contribution in [0.1, 0.15) is 30.9 Å².